The maximum Gasteiger partial charge on any atom is 0.133 e. The lowest BCUT2D eigenvalue weighted by molar-refractivity contribution is 0.101. The largest absolute Gasteiger partial charge is 0.379 e. The van der Waals surface area contributed by atoms with Gasteiger partial charge in [0.05, 0.1) is 12.1 Å². The van der Waals surface area contributed by atoms with Crippen molar-refractivity contribution in [2.24, 2.45) is 0 Å². The molecule has 3 rings (SSSR count). The number of hydrogen-bond acceptors (Lipinski definition) is 4. The van der Waals surface area contributed by atoms with Gasteiger partial charge >= 0.3 is 0 Å². The van der Waals surface area contributed by atoms with E-state index in [2.05, 4.69) is 15.3 Å². The van der Waals surface area contributed by atoms with E-state index in [1.165, 1.54) is 36.9 Å². The second-order valence-corrected chi connectivity index (χ2v) is 5.31. The molecule has 0 amide bonds. The highest BCUT2D eigenvalue weighted by Crippen LogP contribution is 2.29. The zero-order chi connectivity index (χ0) is 12.4. The number of hydrogen-bond donors (Lipinski definition) is 1. The van der Waals surface area contributed by atoms with E-state index in [1.807, 2.05) is 0 Å². The summed E-state index contributed by atoms with van der Waals surface area (Å²) in [4.78, 5) is 8.86. The zero-order valence-corrected chi connectivity index (χ0v) is 11.0. The number of fused-ring (bicyclic) bond motifs is 1. The lowest BCUT2D eigenvalue weighted by atomic mass is 9.96. The molecule has 4 nitrogen and oxygen atoms in total. The number of anilines is 1. The summed E-state index contributed by atoms with van der Waals surface area (Å²) in [7, 11) is 1.81. The molecule has 18 heavy (non-hydrogen) atoms. The van der Waals surface area contributed by atoms with Gasteiger partial charge < -0.3 is 10.1 Å². The summed E-state index contributed by atoms with van der Waals surface area (Å²) in [6, 6.07) is 0.413. The lowest BCUT2D eigenvalue weighted by Crippen LogP contribution is -2.31. The molecule has 2 aliphatic carbocycles. The van der Waals surface area contributed by atoms with Crippen molar-refractivity contribution in [2.45, 2.75) is 57.1 Å². The van der Waals surface area contributed by atoms with Gasteiger partial charge in [0.25, 0.3) is 0 Å². The van der Waals surface area contributed by atoms with Crippen molar-refractivity contribution in [1.29, 1.82) is 0 Å². The Balaban J connectivity index is 1.80. The molecule has 1 saturated carbocycles. The van der Waals surface area contributed by atoms with Crippen molar-refractivity contribution in [2.75, 3.05) is 12.4 Å². The van der Waals surface area contributed by atoms with E-state index < -0.39 is 0 Å². The quantitative estimate of drug-likeness (QED) is 0.890. The van der Waals surface area contributed by atoms with Gasteiger partial charge in [0.2, 0.25) is 0 Å². The molecule has 4 heteroatoms. The predicted octanol–water partition coefficient (Wildman–Crippen LogP) is 2.33. The summed E-state index contributed by atoms with van der Waals surface area (Å²) in [6.07, 6.45) is 10.3. The van der Waals surface area contributed by atoms with Crippen molar-refractivity contribution < 1.29 is 4.74 Å². The average Bonchev–Trinajstić information content (AvgIpc) is 2.86. The van der Waals surface area contributed by atoms with Crippen molar-refractivity contribution >= 4 is 5.82 Å². The van der Waals surface area contributed by atoms with Gasteiger partial charge in [-0.1, -0.05) is 0 Å². The second kappa shape index (κ2) is 5.22. The molecule has 1 aromatic heterocycles. The average molecular weight is 247 g/mol. The Morgan fingerprint density at radius 1 is 1.17 bits per heavy atom. The summed E-state index contributed by atoms with van der Waals surface area (Å²) in [5.41, 5.74) is 2.58. The van der Waals surface area contributed by atoms with Crippen LogP contribution in [-0.2, 0) is 17.6 Å². The molecule has 0 spiro atoms. The Kier molecular flexibility index (Phi) is 3.46. The zero-order valence-electron chi connectivity index (χ0n) is 11.0. The van der Waals surface area contributed by atoms with Crippen LogP contribution in [0.1, 0.15) is 43.4 Å². The van der Waals surface area contributed by atoms with Crippen molar-refractivity contribution in [3.63, 3.8) is 0 Å². The van der Waals surface area contributed by atoms with Gasteiger partial charge in [-0.05, 0) is 44.9 Å². The van der Waals surface area contributed by atoms with Gasteiger partial charge in [-0.15, -0.1) is 0 Å². The second-order valence-electron chi connectivity index (χ2n) is 5.31. The van der Waals surface area contributed by atoms with E-state index in [0.717, 1.165) is 25.1 Å². The maximum absolute atomic E-state index is 5.53. The molecule has 1 fully saturated rings. The number of aryl methyl sites for hydroxylation is 1. The van der Waals surface area contributed by atoms with Gasteiger partial charge in [-0.2, -0.15) is 0 Å². The fourth-order valence-corrected chi connectivity index (χ4v) is 3.19. The van der Waals surface area contributed by atoms with Crippen LogP contribution in [0, 0.1) is 0 Å². The first-order chi connectivity index (χ1) is 8.88. The Morgan fingerprint density at radius 3 is 2.94 bits per heavy atom. The van der Waals surface area contributed by atoms with Gasteiger partial charge in [0.15, 0.2) is 0 Å². The number of methoxy groups -OCH3 is 1. The SMILES string of the molecule is COC1CCCC1Nc1ncnc2c1CCCC2. The topological polar surface area (TPSA) is 47.0 Å². The number of aromatic nitrogens is 2. The van der Waals surface area contributed by atoms with E-state index in [9.17, 15) is 0 Å². The van der Waals surface area contributed by atoms with E-state index >= 15 is 0 Å². The monoisotopic (exact) mass is 247 g/mol. The lowest BCUT2D eigenvalue weighted by Gasteiger charge is -2.24. The molecule has 0 saturated heterocycles. The molecule has 2 unspecified atom stereocenters. The molecular weight excluding hydrogens is 226 g/mol. The van der Waals surface area contributed by atoms with Crippen LogP contribution in [0.4, 0.5) is 5.82 Å². The van der Waals surface area contributed by atoms with E-state index in [0.29, 0.717) is 12.1 Å². The van der Waals surface area contributed by atoms with Crippen molar-refractivity contribution in [1.82, 2.24) is 9.97 Å². The summed E-state index contributed by atoms with van der Waals surface area (Å²) in [6.45, 7) is 0. The summed E-state index contributed by atoms with van der Waals surface area (Å²) in [5.74, 6) is 1.05. The van der Waals surface area contributed by atoms with E-state index in [-0.39, 0.29) is 0 Å². The van der Waals surface area contributed by atoms with E-state index in [1.54, 1.807) is 13.4 Å². The molecule has 2 atom stereocenters. The van der Waals surface area contributed by atoms with Crippen LogP contribution in [-0.4, -0.2) is 29.2 Å². The third-order valence-electron chi connectivity index (χ3n) is 4.20. The Morgan fingerprint density at radius 2 is 2.06 bits per heavy atom. The van der Waals surface area contributed by atoms with Crippen LogP contribution in [0.3, 0.4) is 0 Å². The Labute approximate surface area is 108 Å². The normalized spacial score (nSPS) is 26.9. The van der Waals surface area contributed by atoms with Crippen LogP contribution in [0.25, 0.3) is 0 Å². The molecule has 98 valence electrons. The number of rotatable bonds is 3. The first-order valence-corrected chi connectivity index (χ1v) is 7.00. The van der Waals surface area contributed by atoms with Crippen LogP contribution < -0.4 is 5.32 Å². The first-order valence-electron chi connectivity index (χ1n) is 7.00. The standard InChI is InChI=1S/C14H21N3O/c1-18-13-8-4-7-12(13)17-14-10-5-2-3-6-11(10)15-9-16-14/h9,12-13H,2-8H2,1H3,(H,15,16,17). The molecule has 1 heterocycles. The van der Waals surface area contributed by atoms with Gasteiger partial charge in [0, 0.05) is 18.4 Å². The molecule has 1 aromatic rings. The minimum Gasteiger partial charge on any atom is -0.379 e. The minimum absolute atomic E-state index is 0.333. The highest BCUT2D eigenvalue weighted by Gasteiger charge is 2.28. The summed E-state index contributed by atoms with van der Waals surface area (Å²) < 4.78 is 5.53. The third kappa shape index (κ3) is 2.21. The van der Waals surface area contributed by atoms with Crippen LogP contribution >= 0.6 is 0 Å². The molecule has 0 bridgehead atoms. The summed E-state index contributed by atoms with van der Waals surface area (Å²) >= 11 is 0. The molecule has 0 radical (unpaired) electrons. The van der Waals surface area contributed by atoms with Gasteiger partial charge in [-0.25, -0.2) is 9.97 Å². The highest BCUT2D eigenvalue weighted by molar-refractivity contribution is 5.48. The van der Waals surface area contributed by atoms with Crippen molar-refractivity contribution in [3.05, 3.63) is 17.6 Å². The Bertz CT molecular complexity index is 422. The predicted molar refractivity (Wildman–Crippen MR) is 70.7 cm³/mol. The molecule has 2 aliphatic rings. The molecular formula is C14H21N3O. The van der Waals surface area contributed by atoms with Crippen molar-refractivity contribution in [3.8, 4) is 0 Å². The molecule has 0 aromatic carbocycles. The number of nitrogens with zero attached hydrogens (tertiary/aromatic N) is 2. The third-order valence-corrected chi connectivity index (χ3v) is 4.20. The highest BCUT2D eigenvalue weighted by atomic mass is 16.5. The van der Waals surface area contributed by atoms with Crippen LogP contribution in [0.2, 0.25) is 0 Å². The van der Waals surface area contributed by atoms with Gasteiger partial charge in [-0.3, -0.25) is 0 Å². The summed E-state index contributed by atoms with van der Waals surface area (Å²) in [5, 5.41) is 3.59. The van der Waals surface area contributed by atoms with Crippen LogP contribution in [0.15, 0.2) is 6.33 Å². The maximum atomic E-state index is 5.53. The smallest absolute Gasteiger partial charge is 0.133 e. The number of nitrogens with one attached hydrogen (secondary N) is 1. The minimum atomic E-state index is 0.333. The van der Waals surface area contributed by atoms with Crippen LogP contribution in [0.5, 0.6) is 0 Å². The first kappa shape index (κ1) is 11.9. The number of ether oxygens (including phenoxy) is 1. The fraction of sp³-hybridized carbons (Fsp3) is 0.714. The fourth-order valence-electron chi connectivity index (χ4n) is 3.19. The van der Waals surface area contributed by atoms with E-state index in [4.69, 9.17) is 4.74 Å². The molecule has 1 N–H and O–H groups in total. The Hall–Kier alpha value is -1.16. The van der Waals surface area contributed by atoms with Gasteiger partial charge in [0.1, 0.15) is 12.1 Å². The molecule has 0 aliphatic heterocycles.